The molecule has 0 aromatic heterocycles. The molecule has 2 rings (SSSR count). The standard InChI is InChI=1S/C40H56O/c1-31(2)17-13-20-34(5)23-15-25-35(6)24-14-21-32(3)18-11-12-19-33(4)22-16-26-36(7)27-28-38-37-29-30-40(38,10)41-39(37,8)9/h11-12,14-19,21-28,37-38H,13,20,29-30H2,1-10H3/b12-11+,21-14+,22-16+,25-15+,28-27+,32-18+,33-19+,34-23+,35-24+,36-26+/t37-,38+,40+/m0/s1. The Morgan fingerprint density at radius 3 is 1.61 bits per heavy atom. The van der Waals surface area contributed by atoms with Gasteiger partial charge in [0.05, 0.1) is 11.2 Å². The summed E-state index contributed by atoms with van der Waals surface area (Å²) in [6.45, 7) is 21.9. The Balaban J connectivity index is 1.80. The van der Waals surface area contributed by atoms with Gasteiger partial charge in [0.1, 0.15) is 0 Å². The smallest absolute Gasteiger partial charge is 0.0728 e. The summed E-state index contributed by atoms with van der Waals surface area (Å²) in [4.78, 5) is 0. The number of hydrogen-bond donors (Lipinski definition) is 0. The average molecular weight is 553 g/mol. The van der Waals surface area contributed by atoms with Crippen LogP contribution in [0.15, 0.2) is 131 Å². The van der Waals surface area contributed by atoms with E-state index in [1.165, 1.54) is 46.3 Å². The molecule has 1 nitrogen and oxygen atoms in total. The van der Waals surface area contributed by atoms with E-state index in [-0.39, 0.29) is 11.2 Å². The van der Waals surface area contributed by atoms with E-state index in [9.17, 15) is 0 Å². The minimum absolute atomic E-state index is 0.00393. The van der Waals surface area contributed by atoms with Gasteiger partial charge in [0.15, 0.2) is 0 Å². The molecule has 0 N–H and O–H groups in total. The SMILES string of the molecule is CC(C)=CCC/C(C)=C/C=C/C(C)=C/C=C/C(C)=C/C=C/C=C(C)/C=C/C=C(C)/C=C/[C@@H]1[C@@H]2CC[C@@]1(C)OC2(C)C. The van der Waals surface area contributed by atoms with E-state index in [4.69, 9.17) is 4.74 Å². The quantitative estimate of drug-likeness (QED) is 0.163. The largest absolute Gasteiger partial charge is 0.368 e. The highest BCUT2D eigenvalue weighted by atomic mass is 16.5. The molecule has 41 heavy (non-hydrogen) atoms. The summed E-state index contributed by atoms with van der Waals surface area (Å²) in [6.07, 6.45) is 39.5. The zero-order chi connectivity index (χ0) is 30.5. The fourth-order valence-electron chi connectivity index (χ4n) is 5.76. The Morgan fingerprint density at radius 1 is 0.659 bits per heavy atom. The number of allylic oxidation sites excluding steroid dienone is 21. The molecule has 0 unspecified atom stereocenters. The van der Waals surface area contributed by atoms with E-state index in [2.05, 4.69) is 166 Å². The van der Waals surface area contributed by atoms with Gasteiger partial charge in [0, 0.05) is 5.92 Å². The second-order valence-electron chi connectivity index (χ2n) is 13.0. The Morgan fingerprint density at radius 2 is 1.15 bits per heavy atom. The number of ether oxygens (including phenoxy) is 1. The van der Waals surface area contributed by atoms with Crippen LogP contribution in [0.1, 0.15) is 94.9 Å². The van der Waals surface area contributed by atoms with E-state index < -0.39 is 0 Å². The Labute approximate surface area is 252 Å². The summed E-state index contributed by atoms with van der Waals surface area (Å²) < 4.78 is 6.40. The van der Waals surface area contributed by atoms with Gasteiger partial charge in [-0.3, -0.25) is 0 Å². The molecule has 1 heteroatoms. The molecule has 0 spiro atoms. The van der Waals surface area contributed by atoms with Crippen LogP contribution in [-0.4, -0.2) is 11.2 Å². The molecule has 1 aliphatic carbocycles. The monoisotopic (exact) mass is 552 g/mol. The molecule has 3 atom stereocenters. The van der Waals surface area contributed by atoms with Gasteiger partial charge in [-0.2, -0.15) is 0 Å². The van der Waals surface area contributed by atoms with Gasteiger partial charge in [-0.05, 0) is 101 Å². The normalized spacial score (nSPS) is 26.2. The van der Waals surface area contributed by atoms with Crippen LogP contribution in [0.25, 0.3) is 0 Å². The Bertz CT molecular complexity index is 1210. The van der Waals surface area contributed by atoms with Crippen LogP contribution in [0.4, 0.5) is 0 Å². The van der Waals surface area contributed by atoms with Crippen molar-refractivity contribution in [2.75, 3.05) is 0 Å². The molecule has 0 aromatic rings. The van der Waals surface area contributed by atoms with Crippen LogP contribution < -0.4 is 0 Å². The Hall–Kier alpha value is -2.90. The summed E-state index contributed by atoms with van der Waals surface area (Å²) in [6, 6.07) is 0. The molecule has 2 bridgehead atoms. The molecular weight excluding hydrogens is 496 g/mol. The lowest BCUT2D eigenvalue weighted by Crippen LogP contribution is -2.35. The number of fused-ring (bicyclic) bond motifs is 2. The van der Waals surface area contributed by atoms with Crippen LogP contribution in [0.5, 0.6) is 0 Å². The molecule has 0 aromatic carbocycles. The predicted molar refractivity (Wildman–Crippen MR) is 183 cm³/mol. The summed E-state index contributed by atoms with van der Waals surface area (Å²) in [5.74, 6) is 1.14. The van der Waals surface area contributed by atoms with Crippen molar-refractivity contribution in [1.82, 2.24) is 0 Å². The summed E-state index contributed by atoms with van der Waals surface area (Å²) in [5, 5.41) is 0. The first-order chi connectivity index (χ1) is 19.3. The second-order valence-corrected chi connectivity index (χ2v) is 13.0. The fourth-order valence-corrected chi connectivity index (χ4v) is 5.76. The van der Waals surface area contributed by atoms with Crippen LogP contribution >= 0.6 is 0 Å². The lowest BCUT2D eigenvalue weighted by molar-refractivity contribution is -0.113. The maximum Gasteiger partial charge on any atom is 0.0728 e. The molecule has 0 radical (unpaired) electrons. The van der Waals surface area contributed by atoms with Crippen molar-refractivity contribution in [2.24, 2.45) is 11.8 Å². The van der Waals surface area contributed by atoms with Crippen molar-refractivity contribution in [1.29, 1.82) is 0 Å². The highest BCUT2D eigenvalue weighted by Crippen LogP contribution is 2.57. The number of hydrogen-bond acceptors (Lipinski definition) is 1. The third kappa shape index (κ3) is 12.2. The van der Waals surface area contributed by atoms with Crippen molar-refractivity contribution in [2.45, 2.75) is 106 Å². The topological polar surface area (TPSA) is 9.23 Å². The van der Waals surface area contributed by atoms with Gasteiger partial charge >= 0.3 is 0 Å². The van der Waals surface area contributed by atoms with Crippen molar-refractivity contribution >= 4 is 0 Å². The van der Waals surface area contributed by atoms with Crippen molar-refractivity contribution < 1.29 is 4.74 Å². The molecular formula is C40H56O. The number of rotatable bonds is 13. The molecule has 0 amide bonds. The summed E-state index contributed by atoms with van der Waals surface area (Å²) in [7, 11) is 0. The third-order valence-corrected chi connectivity index (χ3v) is 8.14. The molecule has 1 saturated heterocycles. The first-order valence-corrected chi connectivity index (χ1v) is 15.4. The van der Waals surface area contributed by atoms with E-state index in [0.717, 1.165) is 12.8 Å². The van der Waals surface area contributed by atoms with E-state index in [1.54, 1.807) is 0 Å². The maximum absolute atomic E-state index is 6.40. The van der Waals surface area contributed by atoms with Crippen molar-refractivity contribution in [3.63, 3.8) is 0 Å². The lowest BCUT2D eigenvalue weighted by Gasteiger charge is -2.33. The van der Waals surface area contributed by atoms with E-state index in [0.29, 0.717) is 11.8 Å². The predicted octanol–water partition coefficient (Wildman–Crippen LogP) is 11.8. The molecule has 2 fully saturated rings. The maximum atomic E-state index is 6.40. The highest BCUT2D eigenvalue weighted by molar-refractivity contribution is 5.32. The average Bonchev–Trinajstić information content (AvgIpc) is 3.30. The van der Waals surface area contributed by atoms with Gasteiger partial charge < -0.3 is 4.74 Å². The summed E-state index contributed by atoms with van der Waals surface area (Å²) >= 11 is 0. The molecule has 2 aliphatic rings. The van der Waals surface area contributed by atoms with Crippen molar-refractivity contribution in [3.05, 3.63) is 131 Å². The van der Waals surface area contributed by atoms with E-state index >= 15 is 0 Å². The third-order valence-electron chi connectivity index (χ3n) is 8.14. The second kappa shape index (κ2) is 16.5. The van der Waals surface area contributed by atoms with Gasteiger partial charge in [-0.1, -0.05) is 131 Å². The van der Waals surface area contributed by atoms with E-state index in [1.807, 2.05) is 0 Å². The lowest BCUT2D eigenvalue weighted by atomic mass is 9.82. The fraction of sp³-hybridized carbons (Fsp3) is 0.450. The van der Waals surface area contributed by atoms with Crippen LogP contribution in [-0.2, 0) is 4.74 Å². The van der Waals surface area contributed by atoms with Gasteiger partial charge in [-0.15, -0.1) is 0 Å². The minimum atomic E-state index is -0.00524. The minimum Gasteiger partial charge on any atom is -0.368 e. The summed E-state index contributed by atoms with van der Waals surface area (Å²) in [5.41, 5.74) is 7.74. The molecule has 222 valence electrons. The van der Waals surface area contributed by atoms with Crippen LogP contribution in [0.3, 0.4) is 0 Å². The first-order valence-electron chi connectivity index (χ1n) is 15.4. The Kier molecular flexibility index (Phi) is 13.8. The van der Waals surface area contributed by atoms with Crippen molar-refractivity contribution in [3.8, 4) is 0 Å². The highest BCUT2D eigenvalue weighted by Gasteiger charge is 2.59. The molecule has 1 aliphatic heterocycles. The van der Waals surface area contributed by atoms with Gasteiger partial charge in [0.25, 0.3) is 0 Å². The zero-order valence-electron chi connectivity index (χ0n) is 27.6. The van der Waals surface area contributed by atoms with Crippen LogP contribution in [0, 0.1) is 11.8 Å². The zero-order valence-corrected chi connectivity index (χ0v) is 27.6. The molecule has 1 saturated carbocycles. The molecule has 1 heterocycles. The van der Waals surface area contributed by atoms with Crippen LogP contribution in [0.2, 0.25) is 0 Å². The first kappa shape index (κ1) is 34.3. The van der Waals surface area contributed by atoms with Gasteiger partial charge in [-0.25, -0.2) is 0 Å². The van der Waals surface area contributed by atoms with Gasteiger partial charge in [0.2, 0.25) is 0 Å².